The third-order valence-electron chi connectivity index (χ3n) is 3.97. The quantitative estimate of drug-likeness (QED) is 0.734. The number of thiophene rings is 1. The SMILES string of the molecule is CCCS(=O)(=O)N(C)CCN1C(=O)[C@@H](C)S[C@H]1c1sccc1C. The van der Waals surface area contributed by atoms with Gasteiger partial charge in [0.15, 0.2) is 0 Å². The van der Waals surface area contributed by atoms with Gasteiger partial charge in [-0.05, 0) is 37.3 Å². The lowest BCUT2D eigenvalue weighted by molar-refractivity contribution is -0.129. The molecule has 1 aliphatic rings. The van der Waals surface area contributed by atoms with Crippen molar-refractivity contribution in [3.63, 3.8) is 0 Å². The van der Waals surface area contributed by atoms with Crippen molar-refractivity contribution >= 4 is 39.0 Å². The minimum Gasteiger partial charge on any atom is -0.323 e. The topological polar surface area (TPSA) is 57.7 Å². The lowest BCUT2D eigenvalue weighted by Gasteiger charge is -2.26. The first-order valence-electron chi connectivity index (χ1n) is 7.72. The van der Waals surface area contributed by atoms with Crippen molar-refractivity contribution < 1.29 is 13.2 Å². The van der Waals surface area contributed by atoms with Gasteiger partial charge in [0.25, 0.3) is 0 Å². The minimum atomic E-state index is -3.22. The zero-order valence-corrected chi connectivity index (χ0v) is 16.4. The molecule has 1 aromatic heterocycles. The molecule has 0 aliphatic carbocycles. The maximum Gasteiger partial charge on any atom is 0.236 e. The van der Waals surface area contributed by atoms with E-state index in [4.69, 9.17) is 0 Å². The van der Waals surface area contributed by atoms with Crippen molar-refractivity contribution in [1.29, 1.82) is 0 Å². The van der Waals surface area contributed by atoms with Crippen LogP contribution in [0.3, 0.4) is 0 Å². The number of hydrogen-bond donors (Lipinski definition) is 0. The van der Waals surface area contributed by atoms with Crippen LogP contribution in [0.25, 0.3) is 0 Å². The lowest BCUT2D eigenvalue weighted by atomic mass is 10.2. The molecule has 1 aromatic rings. The normalized spacial score (nSPS) is 22.3. The number of hydrogen-bond acceptors (Lipinski definition) is 5. The molecule has 5 nitrogen and oxygen atoms in total. The van der Waals surface area contributed by atoms with E-state index in [9.17, 15) is 13.2 Å². The van der Waals surface area contributed by atoms with Gasteiger partial charge in [-0.25, -0.2) is 12.7 Å². The molecule has 0 unspecified atom stereocenters. The van der Waals surface area contributed by atoms with E-state index in [0.29, 0.717) is 19.5 Å². The van der Waals surface area contributed by atoms with Gasteiger partial charge in [0.05, 0.1) is 11.0 Å². The number of rotatable bonds is 7. The molecule has 23 heavy (non-hydrogen) atoms. The first-order valence-corrected chi connectivity index (χ1v) is 11.1. The molecule has 0 spiro atoms. The van der Waals surface area contributed by atoms with Crippen LogP contribution in [0.5, 0.6) is 0 Å². The monoisotopic (exact) mass is 376 g/mol. The molecule has 2 atom stereocenters. The molecule has 0 radical (unpaired) electrons. The van der Waals surface area contributed by atoms with Crippen LogP contribution in [0, 0.1) is 6.92 Å². The molecule has 0 bridgehead atoms. The minimum absolute atomic E-state index is 0.000204. The Morgan fingerprint density at radius 2 is 2.09 bits per heavy atom. The second-order valence-corrected chi connectivity index (χ2v) is 10.3. The Balaban J connectivity index is 2.10. The molecule has 2 heterocycles. The van der Waals surface area contributed by atoms with Crippen LogP contribution in [0.1, 0.15) is 36.1 Å². The van der Waals surface area contributed by atoms with Crippen molar-refractivity contribution in [2.24, 2.45) is 0 Å². The van der Waals surface area contributed by atoms with E-state index in [1.165, 1.54) is 14.7 Å². The van der Waals surface area contributed by atoms with Crippen molar-refractivity contribution in [3.05, 3.63) is 21.9 Å². The Morgan fingerprint density at radius 3 is 2.65 bits per heavy atom. The summed E-state index contributed by atoms with van der Waals surface area (Å²) in [5.74, 6) is 0.241. The van der Waals surface area contributed by atoms with Crippen LogP contribution < -0.4 is 0 Å². The third-order valence-corrected chi connectivity index (χ3v) is 8.60. The Hall–Kier alpha value is -0.570. The fraction of sp³-hybridized carbons (Fsp3) is 0.667. The van der Waals surface area contributed by atoms with Crippen LogP contribution in [-0.4, -0.2) is 54.7 Å². The van der Waals surface area contributed by atoms with Crippen molar-refractivity contribution in [3.8, 4) is 0 Å². The summed E-state index contributed by atoms with van der Waals surface area (Å²) in [6.45, 7) is 6.58. The Kier molecular flexibility index (Phi) is 6.16. The summed E-state index contributed by atoms with van der Waals surface area (Å²) in [6, 6.07) is 2.06. The first-order chi connectivity index (χ1) is 10.8. The second kappa shape index (κ2) is 7.55. The molecule has 1 fully saturated rings. The van der Waals surface area contributed by atoms with Gasteiger partial charge >= 0.3 is 0 Å². The average molecular weight is 377 g/mol. The molecule has 0 N–H and O–H groups in total. The van der Waals surface area contributed by atoms with E-state index in [1.54, 1.807) is 30.1 Å². The highest BCUT2D eigenvalue weighted by Crippen LogP contribution is 2.45. The molecule has 130 valence electrons. The van der Waals surface area contributed by atoms with Gasteiger partial charge in [-0.1, -0.05) is 6.92 Å². The summed E-state index contributed by atoms with van der Waals surface area (Å²) < 4.78 is 25.5. The number of carbonyl (C=O) groups is 1. The standard InChI is InChI=1S/C15H24N2O3S3/c1-5-10-23(19,20)16(4)7-8-17-14(18)12(3)22-15(17)13-11(2)6-9-21-13/h6,9,12,15H,5,7-8,10H2,1-4H3/t12-,15+/m1/s1. The molecular weight excluding hydrogens is 352 g/mol. The maximum atomic E-state index is 12.5. The summed E-state index contributed by atoms with van der Waals surface area (Å²) in [4.78, 5) is 15.5. The number of carbonyl (C=O) groups excluding carboxylic acids is 1. The van der Waals surface area contributed by atoms with E-state index < -0.39 is 10.0 Å². The fourth-order valence-electron chi connectivity index (χ4n) is 2.54. The molecule has 1 amide bonds. The number of nitrogens with zero attached hydrogens (tertiary/aromatic N) is 2. The molecule has 2 rings (SSSR count). The Morgan fingerprint density at radius 1 is 1.39 bits per heavy atom. The van der Waals surface area contributed by atoms with Gasteiger partial charge in [0.2, 0.25) is 15.9 Å². The zero-order chi connectivity index (χ0) is 17.2. The predicted octanol–water partition coefficient (Wildman–Crippen LogP) is 2.69. The maximum absolute atomic E-state index is 12.5. The van der Waals surface area contributed by atoms with Crippen LogP contribution in [0.2, 0.25) is 0 Å². The van der Waals surface area contributed by atoms with E-state index in [-0.39, 0.29) is 22.3 Å². The van der Waals surface area contributed by atoms with E-state index >= 15 is 0 Å². The highest BCUT2D eigenvalue weighted by molar-refractivity contribution is 8.01. The Bertz CT molecular complexity index is 657. The van der Waals surface area contributed by atoms with Gasteiger partial charge in [-0.3, -0.25) is 4.79 Å². The van der Waals surface area contributed by atoms with Gasteiger partial charge in [-0.2, -0.15) is 0 Å². The van der Waals surface area contributed by atoms with Gasteiger partial charge < -0.3 is 4.90 Å². The fourth-order valence-corrected chi connectivity index (χ4v) is 6.29. The highest BCUT2D eigenvalue weighted by Gasteiger charge is 2.39. The van der Waals surface area contributed by atoms with Gasteiger partial charge in [-0.15, -0.1) is 23.1 Å². The molecule has 1 aliphatic heterocycles. The van der Waals surface area contributed by atoms with E-state index in [1.807, 2.05) is 24.1 Å². The largest absolute Gasteiger partial charge is 0.323 e. The van der Waals surface area contributed by atoms with Crippen molar-refractivity contribution in [1.82, 2.24) is 9.21 Å². The highest BCUT2D eigenvalue weighted by atomic mass is 32.2. The smallest absolute Gasteiger partial charge is 0.236 e. The third kappa shape index (κ3) is 4.10. The summed E-state index contributed by atoms with van der Waals surface area (Å²) in [5.41, 5.74) is 1.19. The number of sulfonamides is 1. The molecule has 8 heteroatoms. The predicted molar refractivity (Wildman–Crippen MR) is 97.3 cm³/mol. The molecule has 0 aromatic carbocycles. The van der Waals surface area contributed by atoms with Gasteiger partial charge in [0, 0.05) is 25.0 Å². The van der Waals surface area contributed by atoms with E-state index in [2.05, 4.69) is 13.0 Å². The second-order valence-electron chi connectivity index (χ2n) is 5.77. The molecule has 0 saturated carbocycles. The summed E-state index contributed by atoms with van der Waals surface area (Å²) in [7, 11) is -1.63. The summed E-state index contributed by atoms with van der Waals surface area (Å²) in [5, 5.41) is 1.95. The van der Waals surface area contributed by atoms with Crippen LogP contribution in [-0.2, 0) is 14.8 Å². The lowest BCUT2D eigenvalue weighted by Crippen LogP contribution is -2.39. The number of thioether (sulfide) groups is 1. The number of amides is 1. The van der Waals surface area contributed by atoms with E-state index in [0.717, 1.165) is 0 Å². The zero-order valence-electron chi connectivity index (χ0n) is 14.0. The number of aryl methyl sites for hydroxylation is 1. The average Bonchev–Trinajstić information content (AvgIpc) is 3.01. The summed E-state index contributed by atoms with van der Waals surface area (Å²) >= 11 is 3.30. The Labute approximate surface area is 147 Å². The van der Waals surface area contributed by atoms with Crippen molar-refractivity contribution in [2.45, 2.75) is 37.8 Å². The van der Waals surface area contributed by atoms with Crippen molar-refractivity contribution in [2.75, 3.05) is 25.9 Å². The molecule has 1 saturated heterocycles. The van der Waals surface area contributed by atoms with Crippen LogP contribution in [0.15, 0.2) is 11.4 Å². The first kappa shape index (κ1) is 18.8. The molecular formula is C15H24N2O3S3. The van der Waals surface area contributed by atoms with Crippen LogP contribution in [0.4, 0.5) is 0 Å². The summed E-state index contributed by atoms with van der Waals surface area (Å²) in [6.07, 6.45) is 0.596. The number of likely N-dealkylation sites (N-methyl/N-ethyl adjacent to an activating group) is 1. The van der Waals surface area contributed by atoms with Crippen LogP contribution >= 0.6 is 23.1 Å². The van der Waals surface area contributed by atoms with Gasteiger partial charge in [0.1, 0.15) is 5.37 Å².